The molecule has 2 aliphatic rings. The second-order valence-corrected chi connectivity index (χ2v) is 4.92. The lowest BCUT2D eigenvalue weighted by Crippen LogP contribution is -2.35. The van der Waals surface area contributed by atoms with Crippen molar-refractivity contribution in [2.75, 3.05) is 6.61 Å². The second kappa shape index (κ2) is 5.50. The SMILES string of the molecule is CCCOC1(CC2=CCC=C2)CC=CC=C1C. The van der Waals surface area contributed by atoms with Crippen LogP contribution in [0.1, 0.15) is 39.5 Å². The quantitative estimate of drug-likeness (QED) is 0.683. The van der Waals surface area contributed by atoms with Crippen molar-refractivity contribution < 1.29 is 4.74 Å². The summed E-state index contributed by atoms with van der Waals surface area (Å²) < 4.78 is 6.20. The molecular weight excluding hydrogens is 208 g/mol. The van der Waals surface area contributed by atoms with Crippen molar-refractivity contribution in [2.45, 2.75) is 45.1 Å². The first-order valence-corrected chi connectivity index (χ1v) is 6.60. The molecule has 0 spiro atoms. The predicted molar refractivity (Wildman–Crippen MR) is 72.9 cm³/mol. The second-order valence-electron chi connectivity index (χ2n) is 4.92. The first-order valence-electron chi connectivity index (χ1n) is 6.60. The Morgan fingerprint density at radius 3 is 2.88 bits per heavy atom. The maximum atomic E-state index is 6.20. The molecule has 0 fully saturated rings. The van der Waals surface area contributed by atoms with Crippen LogP contribution < -0.4 is 0 Å². The van der Waals surface area contributed by atoms with Crippen LogP contribution in [0, 0.1) is 0 Å². The number of rotatable bonds is 5. The summed E-state index contributed by atoms with van der Waals surface area (Å²) in [6.45, 7) is 5.20. The zero-order chi connectivity index (χ0) is 12.1. The summed E-state index contributed by atoms with van der Waals surface area (Å²) in [5, 5.41) is 0. The molecule has 1 nitrogen and oxygen atoms in total. The number of ether oxygens (including phenoxy) is 1. The van der Waals surface area contributed by atoms with Crippen molar-refractivity contribution in [3.05, 3.63) is 47.6 Å². The van der Waals surface area contributed by atoms with Gasteiger partial charge in [-0.25, -0.2) is 0 Å². The molecule has 0 amide bonds. The minimum absolute atomic E-state index is 0.0920. The maximum Gasteiger partial charge on any atom is 0.0966 e. The van der Waals surface area contributed by atoms with E-state index in [4.69, 9.17) is 4.74 Å². The van der Waals surface area contributed by atoms with Crippen LogP contribution in [0.2, 0.25) is 0 Å². The molecule has 2 rings (SSSR count). The van der Waals surface area contributed by atoms with Crippen LogP contribution in [-0.4, -0.2) is 12.2 Å². The van der Waals surface area contributed by atoms with E-state index in [0.717, 1.165) is 32.3 Å². The van der Waals surface area contributed by atoms with Gasteiger partial charge in [-0.1, -0.05) is 43.4 Å². The fourth-order valence-electron chi connectivity index (χ4n) is 2.48. The highest BCUT2D eigenvalue weighted by atomic mass is 16.5. The molecule has 0 saturated carbocycles. The van der Waals surface area contributed by atoms with Gasteiger partial charge in [0.2, 0.25) is 0 Å². The van der Waals surface area contributed by atoms with Gasteiger partial charge >= 0.3 is 0 Å². The van der Waals surface area contributed by atoms with E-state index >= 15 is 0 Å². The molecule has 0 heterocycles. The van der Waals surface area contributed by atoms with Crippen LogP contribution in [0.15, 0.2) is 47.6 Å². The first-order chi connectivity index (χ1) is 8.27. The molecule has 17 heavy (non-hydrogen) atoms. The lowest BCUT2D eigenvalue weighted by molar-refractivity contribution is -0.0150. The highest BCUT2D eigenvalue weighted by Gasteiger charge is 2.33. The Labute approximate surface area is 105 Å². The van der Waals surface area contributed by atoms with Crippen LogP contribution in [0.5, 0.6) is 0 Å². The molecule has 2 aliphatic carbocycles. The van der Waals surface area contributed by atoms with E-state index in [0.29, 0.717) is 0 Å². The molecule has 0 aromatic carbocycles. The normalized spacial score (nSPS) is 27.2. The van der Waals surface area contributed by atoms with Gasteiger partial charge in [-0.15, -0.1) is 0 Å². The summed E-state index contributed by atoms with van der Waals surface area (Å²) in [5.74, 6) is 0. The van der Waals surface area contributed by atoms with E-state index in [2.05, 4.69) is 50.3 Å². The van der Waals surface area contributed by atoms with Gasteiger partial charge in [0.1, 0.15) is 0 Å². The summed E-state index contributed by atoms with van der Waals surface area (Å²) in [6.07, 6.45) is 17.5. The smallest absolute Gasteiger partial charge is 0.0966 e. The lowest BCUT2D eigenvalue weighted by Gasteiger charge is -2.36. The zero-order valence-electron chi connectivity index (χ0n) is 10.9. The van der Waals surface area contributed by atoms with Gasteiger partial charge in [-0.3, -0.25) is 0 Å². The van der Waals surface area contributed by atoms with Gasteiger partial charge in [0, 0.05) is 13.0 Å². The molecular formula is C16H22O. The van der Waals surface area contributed by atoms with E-state index in [-0.39, 0.29) is 5.60 Å². The van der Waals surface area contributed by atoms with Crippen molar-refractivity contribution >= 4 is 0 Å². The van der Waals surface area contributed by atoms with Gasteiger partial charge in [0.25, 0.3) is 0 Å². The minimum atomic E-state index is -0.0920. The number of hydrogen-bond donors (Lipinski definition) is 0. The summed E-state index contributed by atoms with van der Waals surface area (Å²) in [5.41, 5.74) is 2.68. The van der Waals surface area contributed by atoms with Gasteiger partial charge in [0.05, 0.1) is 5.60 Å². The van der Waals surface area contributed by atoms with E-state index in [1.54, 1.807) is 0 Å². The molecule has 0 aliphatic heterocycles. The van der Waals surface area contributed by atoms with Crippen LogP contribution in [0.25, 0.3) is 0 Å². The third-order valence-electron chi connectivity index (χ3n) is 3.57. The van der Waals surface area contributed by atoms with Crippen molar-refractivity contribution in [2.24, 2.45) is 0 Å². The Hall–Kier alpha value is -1.08. The number of hydrogen-bond acceptors (Lipinski definition) is 1. The third kappa shape index (κ3) is 2.78. The molecule has 0 bridgehead atoms. The predicted octanol–water partition coefficient (Wildman–Crippen LogP) is 4.33. The summed E-state index contributed by atoms with van der Waals surface area (Å²) in [7, 11) is 0. The summed E-state index contributed by atoms with van der Waals surface area (Å²) in [4.78, 5) is 0. The van der Waals surface area contributed by atoms with Crippen molar-refractivity contribution in [3.63, 3.8) is 0 Å². The van der Waals surface area contributed by atoms with Crippen LogP contribution in [-0.2, 0) is 4.74 Å². The van der Waals surface area contributed by atoms with E-state index in [9.17, 15) is 0 Å². The fourth-order valence-corrected chi connectivity index (χ4v) is 2.48. The molecule has 1 unspecified atom stereocenters. The first kappa shape index (κ1) is 12.4. The standard InChI is InChI=1S/C16H22O/c1-3-12-17-16(11-7-6-8-14(16)2)13-15-9-4-5-10-15/h4,6-10H,3,5,11-13H2,1-2H3. The molecule has 92 valence electrons. The Kier molecular flexibility index (Phi) is 4.01. The van der Waals surface area contributed by atoms with Crippen molar-refractivity contribution in [1.29, 1.82) is 0 Å². The summed E-state index contributed by atoms with van der Waals surface area (Å²) >= 11 is 0. The van der Waals surface area contributed by atoms with E-state index < -0.39 is 0 Å². The Morgan fingerprint density at radius 2 is 2.24 bits per heavy atom. The zero-order valence-corrected chi connectivity index (χ0v) is 10.9. The van der Waals surface area contributed by atoms with Gasteiger partial charge in [0.15, 0.2) is 0 Å². The van der Waals surface area contributed by atoms with Gasteiger partial charge in [-0.2, -0.15) is 0 Å². The van der Waals surface area contributed by atoms with Gasteiger partial charge in [-0.05, 0) is 37.3 Å². The average Bonchev–Trinajstić information content (AvgIpc) is 2.83. The van der Waals surface area contributed by atoms with Gasteiger partial charge < -0.3 is 4.74 Å². The topological polar surface area (TPSA) is 9.23 Å². The largest absolute Gasteiger partial charge is 0.370 e. The Morgan fingerprint density at radius 1 is 1.35 bits per heavy atom. The van der Waals surface area contributed by atoms with Crippen LogP contribution >= 0.6 is 0 Å². The van der Waals surface area contributed by atoms with Crippen molar-refractivity contribution in [3.8, 4) is 0 Å². The van der Waals surface area contributed by atoms with E-state index in [1.165, 1.54) is 11.1 Å². The molecule has 0 N–H and O–H groups in total. The third-order valence-corrected chi connectivity index (χ3v) is 3.57. The van der Waals surface area contributed by atoms with Crippen LogP contribution in [0.4, 0.5) is 0 Å². The Bertz CT molecular complexity index is 384. The highest BCUT2D eigenvalue weighted by molar-refractivity contribution is 5.35. The molecule has 0 aromatic heterocycles. The summed E-state index contributed by atoms with van der Waals surface area (Å²) in [6, 6.07) is 0. The lowest BCUT2D eigenvalue weighted by atomic mass is 9.82. The fraction of sp³-hybridized carbons (Fsp3) is 0.500. The molecule has 1 atom stereocenters. The minimum Gasteiger partial charge on any atom is -0.370 e. The molecule has 0 aromatic rings. The molecule has 0 saturated heterocycles. The average molecular weight is 230 g/mol. The monoisotopic (exact) mass is 230 g/mol. The Balaban J connectivity index is 2.14. The van der Waals surface area contributed by atoms with E-state index in [1.807, 2.05) is 0 Å². The van der Waals surface area contributed by atoms with Crippen LogP contribution in [0.3, 0.4) is 0 Å². The molecule has 1 heteroatoms. The maximum absolute atomic E-state index is 6.20. The highest BCUT2D eigenvalue weighted by Crippen LogP contribution is 2.36. The molecule has 0 radical (unpaired) electrons. The van der Waals surface area contributed by atoms with Crippen molar-refractivity contribution in [1.82, 2.24) is 0 Å². The number of allylic oxidation sites excluding steroid dienone is 5.